The van der Waals surface area contributed by atoms with Crippen molar-refractivity contribution in [3.63, 3.8) is 0 Å². The summed E-state index contributed by atoms with van der Waals surface area (Å²) in [6.45, 7) is 0. The van der Waals surface area contributed by atoms with E-state index in [1.54, 1.807) is 12.1 Å². The molecule has 1 aromatic rings. The minimum absolute atomic E-state index is 0.00416. The molecule has 0 unspecified atom stereocenters. The third-order valence-electron chi connectivity index (χ3n) is 3.37. The molecule has 8 heteroatoms. The van der Waals surface area contributed by atoms with E-state index in [2.05, 4.69) is 4.98 Å². The van der Waals surface area contributed by atoms with Crippen LogP contribution in [0.5, 0.6) is 5.88 Å². The van der Waals surface area contributed by atoms with Crippen molar-refractivity contribution in [2.75, 3.05) is 16.7 Å². The SMILES string of the molecule is COC(=O)[C@@H]1CC[C@@H](Oc2ccc(N([O-])CI=O)cn2)C1. The first-order valence-corrected chi connectivity index (χ1v) is 8.91. The molecule has 7 nitrogen and oxygen atoms in total. The van der Waals surface area contributed by atoms with Crippen LogP contribution >= 0.6 is 21.2 Å². The number of methoxy groups -OCH3 is 1. The van der Waals surface area contributed by atoms with Crippen LogP contribution in [-0.2, 0) is 12.6 Å². The summed E-state index contributed by atoms with van der Waals surface area (Å²) in [5.74, 6) is 0.101. The van der Waals surface area contributed by atoms with Crippen molar-refractivity contribution in [1.29, 1.82) is 0 Å². The number of carbonyl (C=O) groups is 1. The van der Waals surface area contributed by atoms with Gasteiger partial charge in [0.05, 0.1) is 23.8 Å². The maximum absolute atomic E-state index is 11.5. The molecule has 1 saturated carbocycles. The zero-order chi connectivity index (χ0) is 15.2. The first-order valence-electron chi connectivity index (χ1n) is 6.50. The second kappa shape index (κ2) is 7.64. The summed E-state index contributed by atoms with van der Waals surface area (Å²) < 4.78 is 20.9. The Bertz CT molecular complexity index is 496. The molecule has 0 amide bonds. The smallest absolute Gasteiger partial charge is 0.308 e. The maximum Gasteiger partial charge on any atom is 0.308 e. The molecule has 1 aromatic heterocycles. The van der Waals surface area contributed by atoms with Crippen LogP contribution in [0.4, 0.5) is 5.69 Å². The van der Waals surface area contributed by atoms with E-state index in [1.165, 1.54) is 13.3 Å². The molecule has 0 radical (unpaired) electrons. The van der Waals surface area contributed by atoms with Gasteiger partial charge in [-0.15, -0.1) is 0 Å². The molecule has 0 spiro atoms. The largest absolute Gasteiger partial charge is 0.758 e. The second-order valence-electron chi connectivity index (χ2n) is 4.73. The van der Waals surface area contributed by atoms with E-state index in [0.29, 0.717) is 23.1 Å². The lowest BCUT2D eigenvalue weighted by Gasteiger charge is -2.27. The van der Waals surface area contributed by atoms with E-state index in [0.717, 1.165) is 12.8 Å². The van der Waals surface area contributed by atoms with Gasteiger partial charge in [-0.05, 0) is 25.3 Å². The van der Waals surface area contributed by atoms with Crippen LogP contribution in [0.25, 0.3) is 0 Å². The molecule has 0 N–H and O–H groups in total. The Labute approximate surface area is 132 Å². The van der Waals surface area contributed by atoms with Crippen molar-refractivity contribution < 1.29 is 17.3 Å². The van der Waals surface area contributed by atoms with Gasteiger partial charge < -0.3 is 19.7 Å². The summed E-state index contributed by atoms with van der Waals surface area (Å²) in [5.41, 5.74) is 0.358. The number of nitrogens with zero attached hydrogens (tertiary/aromatic N) is 2. The van der Waals surface area contributed by atoms with Crippen LogP contribution in [0.3, 0.4) is 0 Å². The highest BCUT2D eigenvalue weighted by Gasteiger charge is 2.32. The molecule has 1 aliphatic rings. The number of hydrogen-bond donors (Lipinski definition) is 0. The molecule has 0 aliphatic heterocycles. The Balaban J connectivity index is 1.89. The van der Waals surface area contributed by atoms with E-state index in [-0.39, 0.29) is 22.5 Å². The zero-order valence-corrected chi connectivity index (χ0v) is 13.7. The third kappa shape index (κ3) is 4.34. The summed E-state index contributed by atoms with van der Waals surface area (Å²) in [7, 11) is 1.38. The van der Waals surface area contributed by atoms with Gasteiger partial charge in [-0.25, -0.2) is 4.98 Å². The van der Waals surface area contributed by atoms with Crippen molar-refractivity contribution in [2.24, 2.45) is 5.92 Å². The summed E-state index contributed by atoms with van der Waals surface area (Å²) in [6.07, 6.45) is 3.47. The number of ether oxygens (including phenoxy) is 2. The highest BCUT2D eigenvalue weighted by atomic mass is 127. The molecule has 0 saturated heterocycles. The zero-order valence-electron chi connectivity index (χ0n) is 11.5. The summed E-state index contributed by atoms with van der Waals surface area (Å²) in [6, 6.07) is 3.19. The average molecular weight is 407 g/mol. The first kappa shape index (κ1) is 16.1. The number of halogens is 1. The number of aromatic nitrogens is 1. The van der Waals surface area contributed by atoms with E-state index >= 15 is 0 Å². The molecule has 0 bridgehead atoms. The fourth-order valence-corrected chi connectivity index (χ4v) is 2.95. The molecular weight excluding hydrogens is 391 g/mol. The predicted molar refractivity (Wildman–Crippen MR) is 83.4 cm³/mol. The number of anilines is 1. The Kier molecular flexibility index (Phi) is 5.85. The molecule has 1 fully saturated rings. The molecular formula is C13H16IN2O5-. The number of hydroxylamine groups is 1. The van der Waals surface area contributed by atoms with E-state index in [4.69, 9.17) is 9.47 Å². The average Bonchev–Trinajstić information content (AvgIpc) is 2.96. The van der Waals surface area contributed by atoms with Gasteiger partial charge >= 0.3 is 5.97 Å². The quantitative estimate of drug-likeness (QED) is 0.235. The van der Waals surface area contributed by atoms with E-state index in [9.17, 15) is 13.1 Å². The summed E-state index contributed by atoms with van der Waals surface area (Å²) in [5, 5.41) is 12.1. The van der Waals surface area contributed by atoms with Gasteiger partial charge in [0.2, 0.25) is 5.88 Å². The number of hydrogen-bond acceptors (Lipinski definition) is 7. The van der Waals surface area contributed by atoms with Gasteiger partial charge in [0.15, 0.2) is 21.2 Å². The number of pyridine rings is 1. The molecule has 1 heterocycles. The van der Waals surface area contributed by atoms with Gasteiger partial charge in [-0.1, -0.05) is 0 Å². The Morgan fingerprint density at radius 1 is 1.52 bits per heavy atom. The Morgan fingerprint density at radius 2 is 2.33 bits per heavy atom. The third-order valence-corrected chi connectivity index (χ3v) is 4.27. The minimum atomic E-state index is -1.33. The lowest BCUT2D eigenvalue weighted by Crippen LogP contribution is -2.17. The van der Waals surface area contributed by atoms with Crippen LogP contribution in [0.15, 0.2) is 18.3 Å². The fourth-order valence-electron chi connectivity index (χ4n) is 2.30. The lowest BCUT2D eigenvalue weighted by molar-refractivity contribution is -0.145. The number of alkyl halides is 1. The first-order chi connectivity index (χ1) is 10.1. The van der Waals surface area contributed by atoms with Crippen LogP contribution in [0, 0.1) is 11.1 Å². The second-order valence-corrected chi connectivity index (χ2v) is 6.04. The predicted octanol–water partition coefficient (Wildman–Crippen LogP) is 2.38. The van der Waals surface area contributed by atoms with E-state index < -0.39 is 21.2 Å². The van der Waals surface area contributed by atoms with Crippen molar-refractivity contribution in [2.45, 2.75) is 25.4 Å². The molecule has 0 aromatic carbocycles. The molecule has 116 valence electrons. The van der Waals surface area contributed by atoms with Crippen LogP contribution in [0.2, 0.25) is 0 Å². The number of rotatable bonds is 6. The van der Waals surface area contributed by atoms with Crippen LogP contribution in [-0.4, -0.2) is 28.7 Å². The van der Waals surface area contributed by atoms with Crippen molar-refractivity contribution >= 4 is 32.8 Å². The Hall–Kier alpha value is -1.29. The van der Waals surface area contributed by atoms with Crippen molar-refractivity contribution in [3.8, 4) is 5.88 Å². The lowest BCUT2D eigenvalue weighted by atomic mass is 10.1. The normalized spacial score (nSPS) is 21.0. The Morgan fingerprint density at radius 3 is 2.95 bits per heavy atom. The molecule has 1 aliphatic carbocycles. The standard InChI is InChI=1S/C13H16IN2O5/c1-20-13(17)9-2-4-11(6-9)21-12-5-3-10(7-15-12)16(19)8-14-18/h3,5,7,9,11H,2,4,6,8H2,1H3/q-1/t9-,11-/m1/s1. The summed E-state index contributed by atoms with van der Waals surface area (Å²) in [4.78, 5) is 15.5. The van der Waals surface area contributed by atoms with Gasteiger partial charge in [-0.3, -0.25) is 7.86 Å². The topological polar surface area (TPSA) is 91.8 Å². The van der Waals surface area contributed by atoms with Gasteiger partial charge in [-0.2, -0.15) is 0 Å². The molecule has 2 atom stereocenters. The van der Waals surface area contributed by atoms with E-state index in [1.807, 2.05) is 0 Å². The maximum atomic E-state index is 11.5. The van der Waals surface area contributed by atoms with Gasteiger partial charge in [0.1, 0.15) is 6.10 Å². The molecule has 21 heavy (non-hydrogen) atoms. The van der Waals surface area contributed by atoms with Crippen molar-refractivity contribution in [3.05, 3.63) is 23.5 Å². The molecule has 2 rings (SSSR count). The van der Waals surface area contributed by atoms with Crippen LogP contribution < -0.4 is 9.80 Å². The van der Waals surface area contributed by atoms with Gasteiger partial charge in [0, 0.05) is 11.8 Å². The number of esters is 1. The highest BCUT2D eigenvalue weighted by Crippen LogP contribution is 2.29. The minimum Gasteiger partial charge on any atom is -0.758 e. The monoisotopic (exact) mass is 407 g/mol. The fraction of sp³-hybridized carbons (Fsp3) is 0.538. The highest BCUT2D eigenvalue weighted by molar-refractivity contribution is 14.1. The van der Waals surface area contributed by atoms with Crippen LogP contribution in [0.1, 0.15) is 19.3 Å². The number of carbonyl (C=O) groups excluding carboxylic acids is 1. The van der Waals surface area contributed by atoms with Gasteiger partial charge in [0.25, 0.3) is 0 Å². The summed E-state index contributed by atoms with van der Waals surface area (Å²) >= 11 is -1.33. The van der Waals surface area contributed by atoms with Crippen molar-refractivity contribution in [1.82, 2.24) is 4.98 Å².